The van der Waals surface area contributed by atoms with E-state index >= 15 is 0 Å². The zero-order valence-corrected chi connectivity index (χ0v) is 16.6. The van der Waals surface area contributed by atoms with Gasteiger partial charge in [0, 0.05) is 5.69 Å². The molecule has 144 valence electrons. The van der Waals surface area contributed by atoms with Crippen LogP contribution < -0.4 is 15.5 Å². The summed E-state index contributed by atoms with van der Waals surface area (Å²) in [6.07, 6.45) is 1.000. The number of benzene rings is 2. The predicted octanol–water partition coefficient (Wildman–Crippen LogP) is 1.89. The highest BCUT2D eigenvalue weighted by Gasteiger charge is 2.16. The lowest BCUT2D eigenvalue weighted by Crippen LogP contribution is -3.11. The highest BCUT2D eigenvalue weighted by Crippen LogP contribution is 2.13. The van der Waals surface area contributed by atoms with Gasteiger partial charge in [0.25, 0.3) is 11.8 Å². The summed E-state index contributed by atoms with van der Waals surface area (Å²) in [7, 11) is 1.84. The molecule has 0 aliphatic heterocycles. The third kappa shape index (κ3) is 6.87. The second-order valence-corrected chi connectivity index (χ2v) is 7.11. The largest absolute Gasteiger partial charge is 0.345 e. The van der Waals surface area contributed by atoms with Gasteiger partial charge in [-0.25, -0.2) is 0 Å². The summed E-state index contributed by atoms with van der Waals surface area (Å²) >= 11 is 0. The van der Waals surface area contributed by atoms with Gasteiger partial charge in [0.05, 0.1) is 13.1 Å². The summed E-state index contributed by atoms with van der Waals surface area (Å²) < 4.78 is 0. The number of anilines is 1. The van der Waals surface area contributed by atoms with Gasteiger partial charge in [0.15, 0.2) is 13.1 Å². The predicted molar refractivity (Wildman–Crippen MR) is 109 cm³/mol. The Balaban J connectivity index is 1.78. The highest BCUT2D eigenvalue weighted by atomic mass is 16.2. The standard InChI is InChI=1S/C22H29N3O2/c1-5-18-8-10-19(11-9-18)17(3)23-21(26)14-25(4)15-22(27)24-20-12-6-16(2)7-13-20/h6-13,17H,5,14-15H2,1-4H3,(H,23,26)(H,24,27)/p+1/t17-/m0/s1. The van der Waals surface area contributed by atoms with Gasteiger partial charge in [0.2, 0.25) is 0 Å². The zero-order valence-electron chi connectivity index (χ0n) is 16.6. The summed E-state index contributed by atoms with van der Waals surface area (Å²) in [4.78, 5) is 25.2. The van der Waals surface area contributed by atoms with Crippen LogP contribution in [-0.4, -0.2) is 32.0 Å². The molecule has 0 fully saturated rings. The minimum atomic E-state index is -0.104. The molecule has 0 bridgehead atoms. The Kier molecular flexibility index (Phi) is 7.55. The van der Waals surface area contributed by atoms with Crippen molar-refractivity contribution in [1.29, 1.82) is 0 Å². The van der Waals surface area contributed by atoms with Gasteiger partial charge in [-0.05, 0) is 43.5 Å². The SMILES string of the molecule is CCc1ccc([C@H](C)NC(=O)C[NH+](C)CC(=O)Nc2ccc(C)cc2)cc1. The molecular formula is C22H30N3O2+. The molecule has 0 spiro atoms. The number of rotatable bonds is 8. The van der Waals surface area contributed by atoms with Crippen LogP contribution in [0, 0.1) is 6.92 Å². The summed E-state index contributed by atoms with van der Waals surface area (Å²) in [5.74, 6) is -0.171. The first-order valence-corrected chi connectivity index (χ1v) is 9.43. The molecule has 1 unspecified atom stereocenters. The molecule has 0 aliphatic carbocycles. The Morgan fingerprint density at radius 2 is 1.56 bits per heavy atom. The van der Waals surface area contributed by atoms with E-state index in [2.05, 4.69) is 41.8 Å². The number of hydrogen-bond donors (Lipinski definition) is 3. The molecule has 5 heteroatoms. The number of carbonyl (C=O) groups excluding carboxylic acids is 2. The molecule has 3 N–H and O–H groups in total. The average molecular weight is 369 g/mol. The molecule has 2 rings (SSSR count). The second-order valence-electron chi connectivity index (χ2n) is 7.11. The van der Waals surface area contributed by atoms with Crippen molar-refractivity contribution in [3.63, 3.8) is 0 Å². The molecule has 0 saturated heterocycles. The summed E-state index contributed by atoms with van der Waals surface area (Å²) in [5, 5.41) is 5.86. The van der Waals surface area contributed by atoms with Crippen molar-refractivity contribution in [3.8, 4) is 0 Å². The summed E-state index contributed by atoms with van der Waals surface area (Å²) in [6.45, 7) is 6.58. The Hall–Kier alpha value is -2.66. The number of quaternary nitrogens is 1. The Labute approximate surface area is 161 Å². The fourth-order valence-electron chi connectivity index (χ4n) is 2.87. The minimum Gasteiger partial charge on any atom is -0.345 e. The number of likely N-dealkylation sites (N-methyl/N-ethyl adjacent to an activating group) is 1. The van der Waals surface area contributed by atoms with Crippen molar-refractivity contribution in [1.82, 2.24) is 5.32 Å². The van der Waals surface area contributed by atoms with Gasteiger partial charge in [-0.3, -0.25) is 9.59 Å². The number of aryl methyl sites for hydroxylation is 2. The second kappa shape index (κ2) is 9.88. The van der Waals surface area contributed by atoms with Crippen LogP contribution in [0.5, 0.6) is 0 Å². The molecule has 2 amide bonds. The molecule has 2 aromatic rings. The molecule has 0 radical (unpaired) electrons. The number of carbonyl (C=O) groups is 2. The Morgan fingerprint density at radius 1 is 0.963 bits per heavy atom. The van der Waals surface area contributed by atoms with Gasteiger partial charge in [-0.2, -0.15) is 0 Å². The maximum atomic E-state index is 12.3. The van der Waals surface area contributed by atoms with Crippen molar-refractivity contribution in [3.05, 3.63) is 65.2 Å². The first-order valence-electron chi connectivity index (χ1n) is 9.43. The van der Waals surface area contributed by atoms with E-state index in [9.17, 15) is 9.59 Å². The van der Waals surface area contributed by atoms with E-state index in [0.29, 0.717) is 0 Å². The quantitative estimate of drug-likeness (QED) is 0.666. The van der Waals surface area contributed by atoms with E-state index in [1.54, 1.807) is 0 Å². The van der Waals surface area contributed by atoms with Crippen molar-refractivity contribution in [2.24, 2.45) is 0 Å². The van der Waals surface area contributed by atoms with E-state index in [-0.39, 0.29) is 30.9 Å². The van der Waals surface area contributed by atoms with Gasteiger partial charge in [-0.15, -0.1) is 0 Å². The molecule has 0 aliphatic rings. The summed E-state index contributed by atoms with van der Waals surface area (Å²) in [5.41, 5.74) is 4.27. The molecule has 2 aromatic carbocycles. The van der Waals surface area contributed by atoms with Gasteiger partial charge in [0.1, 0.15) is 0 Å². The van der Waals surface area contributed by atoms with Gasteiger partial charge >= 0.3 is 0 Å². The molecule has 0 heterocycles. The lowest BCUT2D eigenvalue weighted by molar-refractivity contribution is -0.862. The maximum Gasteiger partial charge on any atom is 0.279 e. The molecule has 2 atom stereocenters. The number of nitrogens with one attached hydrogen (secondary N) is 3. The minimum absolute atomic E-state index is 0.0578. The van der Waals surface area contributed by atoms with Crippen LogP contribution in [0.4, 0.5) is 5.69 Å². The van der Waals surface area contributed by atoms with Crippen molar-refractivity contribution >= 4 is 17.5 Å². The normalized spacial score (nSPS) is 12.9. The third-order valence-corrected chi connectivity index (χ3v) is 4.53. The Morgan fingerprint density at radius 3 is 2.15 bits per heavy atom. The van der Waals surface area contributed by atoms with Crippen LogP contribution >= 0.6 is 0 Å². The van der Waals surface area contributed by atoms with Crippen LogP contribution in [0.2, 0.25) is 0 Å². The van der Waals surface area contributed by atoms with Gasteiger partial charge < -0.3 is 15.5 Å². The smallest absolute Gasteiger partial charge is 0.279 e. The first kappa shape index (κ1) is 20.6. The molecule has 5 nitrogen and oxygen atoms in total. The fourth-order valence-corrected chi connectivity index (χ4v) is 2.87. The van der Waals surface area contributed by atoms with Crippen LogP contribution in [-0.2, 0) is 16.0 Å². The topological polar surface area (TPSA) is 62.6 Å². The lowest BCUT2D eigenvalue weighted by atomic mass is 10.1. The van der Waals surface area contributed by atoms with Crippen LogP contribution in [0.3, 0.4) is 0 Å². The van der Waals surface area contributed by atoms with Crippen LogP contribution in [0.1, 0.15) is 36.6 Å². The molecular weight excluding hydrogens is 338 g/mol. The average Bonchev–Trinajstić information content (AvgIpc) is 2.63. The van der Waals surface area contributed by atoms with Crippen LogP contribution in [0.15, 0.2) is 48.5 Å². The van der Waals surface area contributed by atoms with E-state index in [1.165, 1.54) is 5.56 Å². The van der Waals surface area contributed by atoms with Crippen molar-refractivity contribution in [2.45, 2.75) is 33.2 Å². The number of hydrogen-bond acceptors (Lipinski definition) is 2. The van der Waals surface area contributed by atoms with E-state index in [0.717, 1.165) is 28.1 Å². The van der Waals surface area contributed by atoms with E-state index in [4.69, 9.17) is 0 Å². The van der Waals surface area contributed by atoms with Crippen LogP contribution in [0.25, 0.3) is 0 Å². The molecule has 0 aromatic heterocycles. The number of amides is 2. The van der Waals surface area contributed by atoms with E-state index < -0.39 is 0 Å². The highest BCUT2D eigenvalue weighted by molar-refractivity contribution is 5.91. The van der Waals surface area contributed by atoms with Gasteiger partial charge in [-0.1, -0.05) is 48.9 Å². The van der Waals surface area contributed by atoms with Crippen molar-refractivity contribution < 1.29 is 14.5 Å². The van der Waals surface area contributed by atoms with Crippen molar-refractivity contribution in [2.75, 3.05) is 25.5 Å². The maximum absolute atomic E-state index is 12.3. The summed E-state index contributed by atoms with van der Waals surface area (Å²) in [6, 6.07) is 15.9. The zero-order chi connectivity index (χ0) is 19.8. The van der Waals surface area contributed by atoms with E-state index in [1.807, 2.05) is 45.2 Å². The Bertz CT molecular complexity index is 754. The lowest BCUT2D eigenvalue weighted by Gasteiger charge is -2.17. The fraction of sp³-hybridized carbons (Fsp3) is 0.364. The first-order chi connectivity index (χ1) is 12.9. The molecule has 27 heavy (non-hydrogen) atoms. The molecule has 0 saturated carbocycles. The monoisotopic (exact) mass is 368 g/mol. The third-order valence-electron chi connectivity index (χ3n) is 4.53.